The third-order valence-corrected chi connectivity index (χ3v) is 7.13. The molecule has 2 aliphatic carbocycles. The van der Waals surface area contributed by atoms with Gasteiger partial charge in [-0.05, 0) is 67.0 Å². The number of rotatable bonds is 11. The van der Waals surface area contributed by atoms with Crippen LogP contribution in [0.3, 0.4) is 0 Å². The minimum absolute atomic E-state index is 0. The fraction of sp³-hybridized carbons (Fsp3) is 0.517. The summed E-state index contributed by atoms with van der Waals surface area (Å²) in [6, 6.07) is 9.72. The van der Waals surface area contributed by atoms with Crippen molar-refractivity contribution >= 4 is 6.08 Å². The van der Waals surface area contributed by atoms with Crippen LogP contribution < -0.4 is 9.47 Å². The fourth-order valence-electron chi connectivity index (χ4n) is 5.27. The number of hydrogen-bond donors (Lipinski definition) is 0. The van der Waals surface area contributed by atoms with Crippen LogP contribution in [-0.4, -0.2) is 13.7 Å². The highest BCUT2D eigenvalue weighted by molar-refractivity contribution is 5.82. The molecule has 0 bridgehead atoms. The Hall–Kier alpha value is -2.29. The average molecular weight is 439 g/mol. The molecule has 0 radical (unpaired) electrons. The second kappa shape index (κ2) is 10.1. The molecule has 2 unspecified atom stereocenters. The van der Waals surface area contributed by atoms with Crippen molar-refractivity contribution in [3.8, 4) is 11.5 Å². The van der Waals surface area contributed by atoms with E-state index >= 15 is 0 Å². The number of halogens is 1. The quantitative estimate of drug-likeness (QED) is 0.329. The van der Waals surface area contributed by atoms with Gasteiger partial charge in [-0.15, -0.1) is 0 Å². The maximum absolute atomic E-state index is 14.8. The van der Waals surface area contributed by atoms with Crippen molar-refractivity contribution in [2.45, 2.75) is 78.6 Å². The molecule has 0 spiro atoms. The molecule has 1 fully saturated rings. The number of benzene rings is 2. The number of aryl methyl sites for hydroxylation is 1. The van der Waals surface area contributed by atoms with Gasteiger partial charge in [-0.2, -0.15) is 0 Å². The summed E-state index contributed by atoms with van der Waals surface area (Å²) < 4.78 is 26.6. The highest BCUT2D eigenvalue weighted by atomic mass is 19.1. The molecule has 32 heavy (non-hydrogen) atoms. The van der Waals surface area contributed by atoms with Crippen LogP contribution in [0.1, 0.15) is 88.5 Å². The van der Waals surface area contributed by atoms with E-state index in [0.29, 0.717) is 6.61 Å². The Labute approximate surface area is 193 Å². The number of methoxy groups -OCH3 is 1. The maximum Gasteiger partial charge on any atom is 0.161 e. The first-order valence-corrected chi connectivity index (χ1v) is 11.9. The van der Waals surface area contributed by atoms with Crippen LogP contribution in [0.4, 0.5) is 4.39 Å². The van der Waals surface area contributed by atoms with E-state index in [1.54, 1.807) is 13.2 Å². The van der Waals surface area contributed by atoms with E-state index < -0.39 is 0 Å². The molecule has 0 amide bonds. The molecule has 2 aliphatic rings. The van der Waals surface area contributed by atoms with Crippen molar-refractivity contribution in [2.75, 3.05) is 13.7 Å². The van der Waals surface area contributed by atoms with Gasteiger partial charge in [-0.3, -0.25) is 0 Å². The van der Waals surface area contributed by atoms with E-state index in [1.807, 2.05) is 19.1 Å². The second-order valence-corrected chi connectivity index (χ2v) is 9.23. The first kappa shape index (κ1) is 24.4. The van der Waals surface area contributed by atoms with E-state index in [0.717, 1.165) is 52.5 Å². The summed E-state index contributed by atoms with van der Waals surface area (Å²) in [5.41, 5.74) is 4.96. The van der Waals surface area contributed by atoms with Crippen LogP contribution >= 0.6 is 0 Å². The molecule has 174 valence electrons. The van der Waals surface area contributed by atoms with Crippen LogP contribution in [0.2, 0.25) is 0 Å². The molecular weight excluding hydrogens is 399 g/mol. The van der Waals surface area contributed by atoms with Crippen molar-refractivity contribution in [3.05, 3.63) is 64.0 Å². The van der Waals surface area contributed by atoms with E-state index in [2.05, 4.69) is 32.1 Å². The molecule has 0 saturated heterocycles. The van der Waals surface area contributed by atoms with Gasteiger partial charge >= 0.3 is 0 Å². The van der Waals surface area contributed by atoms with Crippen molar-refractivity contribution in [1.29, 1.82) is 0 Å². The molecule has 4 rings (SSSR count). The number of allylic oxidation sites excluding steroid dienone is 1. The zero-order chi connectivity index (χ0) is 22.0. The van der Waals surface area contributed by atoms with Gasteiger partial charge in [-0.1, -0.05) is 70.7 Å². The molecule has 0 aliphatic heterocycles. The Kier molecular flexibility index (Phi) is 7.69. The minimum atomic E-state index is -0.312. The average Bonchev–Trinajstić information content (AvgIpc) is 3.38. The third-order valence-electron chi connectivity index (χ3n) is 7.13. The molecule has 0 aromatic heterocycles. The summed E-state index contributed by atoms with van der Waals surface area (Å²) >= 11 is 0. The summed E-state index contributed by atoms with van der Waals surface area (Å²) in [6.45, 7) is 7.19. The lowest BCUT2D eigenvalue weighted by Crippen LogP contribution is -2.12. The molecule has 1 saturated carbocycles. The van der Waals surface area contributed by atoms with Gasteiger partial charge < -0.3 is 9.47 Å². The first-order valence-electron chi connectivity index (χ1n) is 11.9. The molecule has 2 aromatic rings. The van der Waals surface area contributed by atoms with Crippen LogP contribution in [0.25, 0.3) is 6.08 Å². The van der Waals surface area contributed by atoms with Crippen LogP contribution in [-0.2, 0) is 5.41 Å². The van der Waals surface area contributed by atoms with Crippen molar-refractivity contribution in [1.82, 2.24) is 0 Å². The smallest absolute Gasteiger partial charge is 0.161 e. The topological polar surface area (TPSA) is 18.5 Å². The van der Waals surface area contributed by atoms with E-state index in [9.17, 15) is 4.39 Å². The predicted molar refractivity (Wildman–Crippen MR) is 132 cm³/mol. The number of ether oxygens (including phenoxy) is 2. The van der Waals surface area contributed by atoms with Gasteiger partial charge in [0.05, 0.1) is 13.7 Å². The predicted octanol–water partition coefficient (Wildman–Crippen LogP) is 8.24. The van der Waals surface area contributed by atoms with Gasteiger partial charge in [0.1, 0.15) is 5.82 Å². The summed E-state index contributed by atoms with van der Waals surface area (Å²) in [4.78, 5) is 0. The van der Waals surface area contributed by atoms with Gasteiger partial charge in [0.25, 0.3) is 0 Å². The van der Waals surface area contributed by atoms with Crippen molar-refractivity contribution < 1.29 is 13.9 Å². The van der Waals surface area contributed by atoms with E-state index in [-0.39, 0.29) is 18.7 Å². The zero-order valence-electron chi connectivity index (χ0n) is 19.4. The lowest BCUT2D eigenvalue weighted by molar-refractivity contribution is 0.278. The second-order valence-electron chi connectivity index (χ2n) is 9.23. The molecule has 2 atom stereocenters. The lowest BCUT2D eigenvalue weighted by atomic mass is 9.86. The Morgan fingerprint density at radius 1 is 1.03 bits per heavy atom. The summed E-state index contributed by atoms with van der Waals surface area (Å²) in [7, 11) is 1.68. The van der Waals surface area contributed by atoms with Crippen LogP contribution in [0, 0.1) is 18.7 Å². The molecule has 2 nitrogen and oxygen atoms in total. The monoisotopic (exact) mass is 438 g/mol. The largest absolute Gasteiger partial charge is 0.493 e. The molecule has 2 aromatic carbocycles. The van der Waals surface area contributed by atoms with E-state index in [4.69, 9.17) is 9.47 Å². The summed E-state index contributed by atoms with van der Waals surface area (Å²) in [6.07, 6.45) is 10.5. The van der Waals surface area contributed by atoms with Crippen molar-refractivity contribution in [3.63, 3.8) is 0 Å². The maximum atomic E-state index is 14.8. The standard InChI is InChI=1S/C28H35FO2.CH4/c1-5-9-20(6-2)10-7-8-13-31-27-16-21-15-22-18-28(22,24(21)17-26(27)30-4)23-12-11-19(3)14-25(23)29;/h11-12,14-17,20H,5-10,13,18H2,1-4H3;1H4. The zero-order valence-corrected chi connectivity index (χ0v) is 19.4. The van der Waals surface area contributed by atoms with Gasteiger partial charge in [-0.25, -0.2) is 4.39 Å². The summed E-state index contributed by atoms with van der Waals surface area (Å²) in [5, 5.41) is 0. The highest BCUT2D eigenvalue weighted by Gasteiger charge is 2.57. The van der Waals surface area contributed by atoms with Crippen LogP contribution in [0.5, 0.6) is 11.5 Å². The molecule has 3 heteroatoms. The van der Waals surface area contributed by atoms with Crippen molar-refractivity contribution in [2.24, 2.45) is 5.92 Å². The van der Waals surface area contributed by atoms with Gasteiger partial charge in [0.15, 0.2) is 11.5 Å². The summed E-state index contributed by atoms with van der Waals surface area (Å²) in [5.74, 6) is 2.25. The van der Waals surface area contributed by atoms with Gasteiger partial charge in [0, 0.05) is 11.0 Å². The molecular formula is C29H39FO2. The Morgan fingerprint density at radius 3 is 2.53 bits per heavy atom. The molecule has 0 N–H and O–H groups in total. The van der Waals surface area contributed by atoms with Gasteiger partial charge in [0.2, 0.25) is 0 Å². The Balaban J connectivity index is 0.00000289. The number of unbranched alkanes of at least 4 members (excludes halogenated alkanes) is 1. The number of hydrogen-bond acceptors (Lipinski definition) is 2. The first-order chi connectivity index (χ1) is 15.0. The normalized spacial score (nSPS) is 18.8. The SMILES string of the molecule is C.CCCC(CC)CCCCOc1cc2c(cc1OC)C1(c3ccc(C)cc3F)CC1=C2. The Bertz CT molecular complexity index is 977. The lowest BCUT2D eigenvalue weighted by Gasteiger charge is -2.20. The molecule has 0 heterocycles. The third kappa shape index (κ3) is 4.44. The minimum Gasteiger partial charge on any atom is -0.493 e. The highest BCUT2D eigenvalue weighted by Crippen LogP contribution is 2.65. The van der Waals surface area contributed by atoms with E-state index in [1.165, 1.54) is 37.7 Å². The number of fused-ring (bicyclic) bond motifs is 3. The van der Waals surface area contributed by atoms with Crippen LogP contribution in [0.15, 0.2) is 35.9 Å². The Morgan fingerprint density at radius 2 is 1.84 bits per heavy atom. The fourth-order valence-corrected chi connectivity index (χ4v) is 5.27.